The normalized spacial score (nSPS) is 16.5. The van der Waals surface area contributed by atoms with Gasteiger partial charge in [-0.1, -0.05) is 24.3 Å². The molecule has 1 aliphatic rings. The Morgan fingerprint density at radius 2 is 1.86 bits per heavy atom. The zero-order valence-electron chi connectivity index (χ0n) is 15.6. The lowest BCUT2D eigenvalue weighted by Gasteiger charge is -2.38. The lowest BCUT2D eigenvalue weighted by molar-refractivity contribution is 0.108. The van der Waals surface area contributed by atoms with Crippen LogP contribution in [0.4, 0.5) is 10.3 Å². The van der Waals surface area contributed by atoms with E-state index in [0.29, 0.717) is 12.6 Å². The molecule has 3 rings (SSSR count). The third kappa shape index (κ3) is 5.34. The first-order valence-electron chi connectivity index (χ1n) is 9.00. The smallest absolute Gasteiger partial charge is 0.255 e. The number of halogens is 2. The minimum Gasteiger partial charge on any atom is -0.383 e. The van der Waals surface area contributed by atoms with Gasteiger partial charge in [-0.25, -0.2) is 14.4 Å². The number of hydrogen-bond acceptors (Lipinski definition) is 6. The molecule has 6 nitrogen and oxygen atoms in total. The number of piperazine rings is 1. The van der Waals surface area contributed by atoms with Gasteiger partial charge in [0.2, 0.25) is 5.95 Å². The number of anilines is 1. The monoisotopic (exact) mass is 404 g/mol. The van der Waals surface area contributed by atoms with Gasteiger partial charge in [-0.15, -0.1) is 0 Å². The molecule has 1 aliphatic heterocycles. The number of carbonyl (C=O) groups excluding carboxylic acids is 1. The molecule has 0 N–H and O–H groups in total. The first kappa shape index (κ1) is 20.4. The van der Waals surface area contributed by atoms with Crippen molar-refractivity contribution in [3.8, 4) is 0 Å². The molecule has 8 heteroatoms. The van der Waals surface area contributed by atoms with E-state index in [4.69, 9.17) is 16.3 Å². The number of ether oxygens (including phenoxy) is 1. The molecule has 2 heterocycles. The molecule has 1 atom stereocenters. The van der Waals surface area contributed by atoms with Crippen molar-refractivity contribution in [1.29, 1.82) is 0 Å². The van der Waals surface area contributed by atoms with Crippen LogP contribution in [0.2, 0.25) is 0 Å². The molecule has 28 heavy (non-hydrogen) atoms. The quantitative estimate of drug-likeness (QED) is 0.661. The lowest BCUT2D eigenvalue weighted by Crippen LogP contribution is -2.51. The maximum absolute atomic E-state index is 13.0. The number of methoxy groups -OCH3 is 1. The standard InChI is InChI=1S/C20H22ClFN4O2/c1-28-14-18(7-4-15-2-5-17(22)6-3-15)25-8-10-26(11-9-25)20-23-12-16(13-24-20)19(21)27/h2-7,12-13,18H,8-11,14H2,1H3. The van der Waals surface area contributed by atoms with Crippen molar-refractivity contribution >= 4 is 28.9 Å². The summed E-state index contributed by atoms with van der Waals surface area (Å²) < 4.78 is 18.4. The highest BCUT2D eigenvalue weighted by Gasteiger charge is 2.23. The topological polar surface area (TPSA) is 58.6 Å². The van der Waals surface area contributed by atoms with Gasteiger partial charge in [0.25, 0.3) is 5.24 Å². The van der Waals surface area contributed by atoms with Crippen molar-refractivity contribution in [1.82, 2.24) is 14.9 Å². The van der Waals surface area contributed by atoms with Gasteiger partial charge in [-0.05, 0) is 29.3 Å². The summed E-state index contributed by atoms with van der Waals surface area (Å²) in [6, 6.07) is 6.52. The third-order valence-corrected chi connectivity index (χ3v) is 4.87. The van der Waals surface area contributed by atoms with E-state index in [9.17, 15) is 9.18 Å². The lowest BCUT2D eigenvalue weighted by atomic mass is 10.1. The molecule has 0 radical (unpaired) electrons. The largest absolute Gasteiger partial charge is 0.383 e. The fraction of sp³-hybridized carbons (Fsp3) is 0.350. The zero-order valence-corrected chi connectivity index (χ0v) is 16.3. The van der Waals surface area contributed by atoms with Gasteiger partial charge in [0.05, 0.1) is 18.2 Å². The van der Waals surface area contributed by atoms with Crippen molar-refractivity contribution in [2.45, 2.75) is 6.04 Å². The highest BCUT2D eigenvalue weighted by atomic mass is 35.5. The van der Waals surface area contributed by atoms with E-state index < -0.39 is 5.24 Å². The molecule has 1 unspecified atom stereocenters. The van der Waals surface area contributed by atoms with Crippen molar-refractivity contribution in [2.75, 3.05) is 44.8 Å². The van der Waals surface area contributed by atoms with Gasteiger partial charge in [0.15, 0.2) is 0 Å². The molecule has 0 spiro atoms. The molecule has 1 saturated heterocycles. The summed E-state index contributed by atoms with van der Waals surface area (Å²) in [5.41, 5.74) is 1.23. The second kappa shape index (κ2) is 9.73. The molecule has 0 bridgehead atoms. The average molecular weight is 405 g/mol. The first-order valence-corrected chi connectivity index (χ1v) is 9.38. The van der Waals surface area contributed by atoms with Crippen LogP contribution in [-0.4, -0.2) is 66.0 Å². The summed E-state index contributed by atoms with van der Waals surface area (Å²) in [5, 5.41) is -0.563. The molecule has 0 aliphatic carbocycles. The van der Waals surface area contributed by atoms with E-state index in [1.54, 1.807) is 19.2 Å². The molecular weight excluding hydrogens is 383 g/mol. The Kier molecular flexibility index (Phi) is 7.08. The van der Waals surface area contributed by atoms with E-state index >= 15 is 0 Å². The van der Waals surface area contributed by atoms with Gasteiger partial charge in [-0.3, -0.25) is 9.69 Å². The second-order valence-corrected chi connectivity index (χ2v) is 6.85. The van der Waals surface area contributed by atoms with E-state index in [1.165, 1.54) is 24.5 Å². The molecule has 0 saturated carbocycles. The number of rotatable bonds is 7. The number of hydrogen-bond donors (Lipinski definition) is 0. The summed E-state index contributed by atoms with van der Waals surface area (Å²) in [6.45, 7) is 3.74. The van der Waals surface area contributed by atoms with Gasteiger partial charge in [0.1, 0.15) is 5.82 Å². The Labute approximate surface area is 168 Å². The van der Waals surface area contributed by atoms with Crippen molar-refractivity contribution in [3.05, 3.63) is 59.7 Å². The second-order valence-electron chi connectivity index (χ2n) is 6.50. The summed E-state index contributed by atoms with van der Waals surface area (Å²) in [6.07, 6.45) is 6.97. The minimum absolute atomic E-state index is 0.120. The molecule has 1 fully saturated rings. The highest BCUT2D eigenvalue weighted by Crippen LogP contribution is 2.15. The fourth-order valence-electron chi connectivity index (χ4n) is 3.09. The Bertz CT molecular complexity index is 806. The predicted octanol–water partition coefficient (Wildman–Crippen LogP) is 2.85. The van der Waals surface area contributed by atoms with Crippen LogP contribution in [0.3, 0.4) is 0 Å². The summed E-state index contributed by atoms with van der Waals surface area (Å²) >= 11 is 5.43. The van der Waals surface area contributed by atoms with Crippen LogP contribution in [0.5, 0.6) is 0 Å². The minimum atomic E-state index is -0.563. The Balaban J connectivity index is 1.60. The van der Waals surface area contributed by atoms with E-state index in [0.717, 1.165) is 31.7 Å². The molecule has 0 amide bonds. The average Bonchev–Trinajstić information content (AvgIpc) is 2.72. The summed E-state index contributed by atoms with van der Waals surface area (Å²) in [4.78, 5) is 24.0. The first-order chi connectivity index (χ1) is 13.6. The number of nitrogens with zero attached hydrogens (tertiary/aromatic N) is 4. The van der Waals surface area contributed by atoms with Crippen molar-refractivity contribution in [3.63, 3.8) is 0 Å². The highest BCUT2D eigenvalue weighted by molar-refractivity contribution is 6.67. The van der Waals surface area contributed by atoms with Crippen LogP contribution in [0, 0.1) is 5.82 Å². The molecule has 2 aromatic rings. The van der Waals surface area contributed by atoms with Crippen LogP contribution >= 0.6 is 11.6 Å². The van der Waals surface area contributed by atoms with Gasteiger partial charge in [0, 0.05) is 45.7 Å². The third-order valence-electron chi connectivity index (χ3n) is 4.65. The number of aromatic nitrogens is 2. The Morgan fingerprint density at radius 1 is 1.21 bits per heavy atom. The molecule has 1 aromatic carbocycles. The maximum atomic E-state index is 13.0. The van der Waals surface area contributed by atoms with Crippen LogP contribution in [0.1, 0.15) is 15.9 Å². The summed E-state index contributed by atoms with van der Waals surface area (Å²) in [7, 11) is 1.68. The molecule has 1 aromatic heterocycles. The Morgan fingerprint density at radius 3 is 2.43 bits per heavy atom. The van der Waals surface area contributed by atoms with Gasteiger partial charge < -0.3 is 9.64 Å². The maximum Gasteiger partial charge on any atom is 0.255 e. The van der Waals surface area contributed by atoms with E-state index in [-0.39, 0.29) is 17.4 Å². The Hall–Kier alpha value is -2.35. The van der Waals surface area contributed by atoms with Crippen LogP contribution in [0.15, 0.2) is 42.7 Å². The van der Waals surface area contributed by atoms with Gasteiger partial charge >= 0.3 is 0 Å². The molecular formula is C20H22ClFN4O2. The van der Waals surface area contributed by atoms with Crippen LogP contribution < -0.4 is 4.90 Å². The number of carbonyl (C=O) groups is 1. The van der Waals surface area contributed by atoms with Crippen molar-refractivity contribution in [2.24, 2.45) is 0 Å². The fourth-order valence-corrected chi connectivity index (χ4v) is 3.19. The summed E-state index contributed by atoms with van der Waals surface area (Å²) in [5.74, 6) is 0.346. The number of benzene rings is 1. The van der Waals surface area contributed by atoms with Crippen molar-refractivity contribution < 1.29 is 13.9 Å². The SMILES string of the molecule is COCC(C=Cc1ccc(F)cc1)N1CCN(c2ncc(C(=O)Cl)cn2)CC1. The molecule has 148 valence electrons. The predicted molar refractivity (Wildman–Crippen MR) is 107 cm³/mol. The van der Waals surface area contributed by atoms with Crippen LogP contribution in [-0.2, 0) is 4.74 Å². The van der Waals surface area contributed by atoms with E-state index in [2.05, 4.69) is 25.8 Å². The zero-order chi connectivity index (χ0) is 19.9. The van der Waals surface area contributed by atoms with Crippen LogP contribution in [0.25, 0.3) is 6.08 Å². The van der Waals surface area contributed by atoms with Gasteiger partial charge in [-0.2, -0.15) is 0 Å². The van der Waals surface area contributed by atoms with E-state index in [1.807, 2.05) is 6.08 Å².